The van der Waals surface area contributed by atoms with Crippen LogP contribution in [0.25, 0.3) is 11.4 Å². The highest BCUT2D eigenvalue weighted by atomic mass is 32.2. The van der Waals surface area contributed by atoms with Gasteiger partial charge in [-0.3, -0.25) is 0 Å². The highest BCUT2D eigenvalue weighted by molar-refractivity contribution is 7.91. The lowest BCUT2D eigenvalue weighted by molar-refractivity contribution is 0.169. The van der Waals surface area contributed by atoms with Crippen LogP contribution in [0.3, 0.4) is 0 Å². The van der Waals surface area contributed by atoms with E-state index in [0.717, 1.165) is 11.3 Å². The number of rotatable bonds is 5. The van der Waals surface area contributed by atoms with E-state index in [2.05, 4.69) is 15.3 Å². The Balaban J connectivity index is 1.70. The van der Waals surface area contributed by atoms with Gasteiger partial charge in [0.15, 0.2) is 15.7 Å². The molecule has 8 nitrogen and oxygen atoms in total. The summed E-state index contributed by atoms with van der Waals surface area (Å²) in [6.07, 6.45) is 2.08. The number of hydrogen-bond acceptors (Lipinski definition) is 6. The molecule has 0 aliphatic carbocycles. The van der Waals surface area contributed by atoms with Crippen molar-refractivity contribution in [2.45, 2.75) is 19.4 Å². The van der Waals surface area contributed by atoms with Gasteiger partial charge in [0.1, 0.15) is 0 Å². The van der Waals surface area contributed by atoms with E-state index >= 15 is 0 Å². The number of urea groups is 1. The van der Waals surface area contributed by atoms with Gasteiger partial charge in [-0.2, -0.15) is 0 Å². The minimum Gasteiger partial charge on any atom is -0.395 e. The zero-order chi connectivity index (χ0) is 19.4. The molecule has 1 aromatic heterocycles. The van der Waals surface area contributed by atoms with Crippen molar-refractivity contribution in [2.75, 3.05) is 30.0 Å². The minimum absolute atomic E-state index is 0.0654. The molecule has 1 unspecified atom stereocenters. The second-order valence-electron chi connectivity index (χ2n) is 6.50. The number of hydrogen-bond donors (Lipinski definition) is 2. The lowest BCUT2D eigenvalue weighted by atomic mass is 10.2. The van der Waals surface area contributed by atoms with Crippen LogP contribution in [0.4, 0.5) is 10.5 Å². The number of anilines is 1. The zero-order valence-corrected chi connectivity index (χ0v) is 15.8. The summed E-state index contributed by atoms with van der Waals surface area (Å²) in [4.78, 5) is 22.6. The van der Waals surface area contributed by atoms with Crippen LogP contribution in [-0.2, 0) is 9.84 Å². The van der Waals surface area contributed by atoms with Crippen molar-refractivity contribution in [3.8, 4) is 11.4 Å². The summed E-state index contributed by atoms with van der Waals surface area (Å²) in [5, 5.41) is 12.0. The topological polar surface area (TPSA) is 112 Å². The first-order valence-electron chi connectivity index (χ1n) is 8.67. The lowest BCUT2D eigenvalue weighted by Crippen LogP contribution is -2.45. The number of sulfone groups is 1. The van der Waals surface area contributed by atoms with Crippen molar-refractivity contribution < 1.29 is 18.3 Å². The standard InChI is InChI=1S/C18H22N4O4S/c1-13-6-8-19-17(20-13)14-2-4-15(5-3-14)21-18(24)22(9-10-23)16-7-11-27(25,26)12-16/h2-6,8,16,23H,7,9-12H2,1H3,(H,21,24). The van der Waals surface area contributed by atoms with E-state index in [1.54, 1.807) is 30.5 Å². The van der Waals surface area contributed by atoms with Gasteiger partial charge in [-0.25, -0.2) is 23.2 Å². The highest BCUT2D eigenvalue weighted by Crippen LogP contribution is 2.21. The van der Waals surface area contributed by atoms with Crippen LogP contribution in [0, 0.1) is 6.92 Å². The number of carbonyl (C=O) groups is 1. The van der Waals surface area contributed by atoms with E-state index < -0.39 is 21.9 Å². The Labute approximate surface area is 158 Å². The molecular weight excluding hydrogens is 368 g/mol. The van der Waals surface area contributed by atoms with Crippen molar-refractivity contribution in [1.29, 1.82) is 0 Å². The smallest absolute Gasteiger partial charge is 0.322 e. The SMILES string of the molecule is Cc1ccnc(-c2ccc(NC(=O)N(CCO)C3CCS(=O)(=O)C3)cc2)n1. The van der Waals surface area contributed by atoms with E-state index in [4.69, 9.17) is 0 Å². The number of nitrogens with one attached hydrogen (secondary N) is 1. The molecule has 9 heteroatoms. The molecular formula is C18H22N4O4S. The summed E-state index contributed by atoms with van der Waals surface area (Å²) in [7, 11) is -3.12. The van der Waals surface area contributed by atoms with E-state index in [9.17, 15) is 18.3 Å². The maximum absolute atomic E-state index is 12.6. The van der Waals surface area contributed by atoms with Gasteiger partial charge in [-0.05, 0) is 43.7 Å². The highest BCUT2D eigenvalue weighted by Gasteiger charge is 2.34. The second kappa shape index (κ2) is 8.01. The summed E-state index contributed by atoms with van der Waals surface area (Å²) in [5.74, 6) is 0.605. The summed E-state index contributed by atoms with van der Waals surface area (Å²) in [6, 6.07) is 8.06. The third-order valence-corrected chi connectivity index (χ3v) is 6.19. The molecule has 2 N–H and O–H groups in total. The maximum Gasteiger partial charge on any atom is 0.322 e. The Kier molecular flexibility index (Phi) is 5.71. The van der Waals surface area contributed by atoms with Gasteiger partial charge in [0, 0.05) is 35.7 Å². The Morgan fingerprint density at radius 3 is 2.63 bits per heavy atom. The third-order valence-electron chi connectivity index (χ3n) is 4.44. The Morgan fingerprint density at radius 1 is 1.30 bits per heavy atom. The van der Waals surface area contributed by atoms with Gasteiger partial charge in [-0.1, -0.05) is 0 Å². The molecule has 0 bridgehead atoms. The molecule has 1 aliphatic heterocycles. The number of nitrogens with zero attached hydrogens (tertiary/aromatic N) is 3. The molecule has 2 heterocycles. The summed E-state index contributed by atoms with van der Waals surface area (Å²) in [6.45, 7) is 1.74. The number of aromatic nitrogens is 2. The molecule has 1 fully saturated rings. The number of amides is 2. The van der Waals surface area contributed by atoms with E-state index in [-0.39, 0.29) is 24.7 Å². The molecule has 1 aromatic carbocycles. The van der Waals surface area contributed by atoms with Gasteiger partial charge in [0.2, 0.25) is 0 Å². The molecule has 1 saturated heterocycles. The van der Waals surface area contributed by atoms with E-state index in [1.807, 2.05) is 13.0 Å². The summed E-state index contributed by atoms with van der Waals surface area (Å²) in [5.41, 5.74) is 2.26. The first-order chi connectivity index (χ1) is 12.9. The molecule has 2 amide bonds. The number of aryl methyl sites for hydroxylation is 1. The van der Waals surface area contributed by atoms with E-state index in [0.29, 0.717) is 17.9 Å². The largest absolute Gasteiger partial charge is 0.395 e. The Morgan fingerprint density at radius 2 is 2.04 bits per heavy atom. The van der Waals surface area contributed by atoms with Crippen LogP contribution in [0.2, 0.25) is 0 Å². The van der Waals surface area contributed by atoms with Gasteiger partial charge in [0.05, 0.1) is 18.1 Å². The molecule has 3 rings (SSSR count). The van der Waals surface area contributed by atoms with Crippen molar-refractivity contribution in [1.82, 2.24) is 14.9 Å². The first-order valence-corrected chi connectivity index (χ1v) is 10.5. The van der Waals surface area contributed by atoms with Gasteiger partial charge in [-0.15, -0.1) is 0 Å². The van der Waals surface area contributed by atoms with Crippen molar-refractivity contribution >= 4 is 21.6 Å². The Hall–Kier alpha value is -2.52. The predicted octanol–water partition coefficient (Wildman–Crippen LogP) is 1.47. The Bertz CT molecular complexity index is 915. The lowest BCUT2D eigenvalue weighted by Gasteiger charge is -2.27. The minimum atomic E-state index is -3.12. The van der Waals surface area contributed by atoms with Gasteiger partial charge in [0.25, 0.3) is 0 Å². The van der Waals surface area contributed by atoms with Gasteiger partial charge >= 0.3 is 6.03 Å². The molecule has 0 radical (unpaired) electrons. The quantitative estimate of drug-likeness (QED) is 0.799. The molecule has 144 valence electrons. The fourth-order valence-electron chi connectivity index (χ4n) is 3.06. The maximum atomic E-state index is 12.6. The van der Waals surface area contributed by atoms with E-state index in [1.165, 1.54) is 4.90 Å². The zero-order valence-electron chi connectivity index (χ0n) is 15.0. The average molecular weight is 390 g/mol. The normalized spacial score (nSPS) is 18.2. The monoisotopic (exact) mass is 390 g/mol. The third kappa shape index (κ3) is 4.81. The van der Waals surface area contributed by atoms with Gasteiger partial charge < -0.3 is 15.3 Å². The molecule has 0 saturated carbocycles. The second-order valence-corrected chi connectivity index (χ2v) is 8.73. The van der Waals surface area contributed by atoms with Crippen LogP contribution in [0.15, 0.2) is 36.5 Å². The number of aliphatic hydroxyl groups excluding tert-OH is 1. The summed E-state index contributed by atoms with van der Waals surface area (Å²) >= 11 is 0. The molecule has 2 aromatic rings. The molecule has 27 heavy (non-hydrogen) atoms. The van der Waals surface area contributed by atoms with Crippen LogP contribution in [0.1, 0.15) is 12.1 Å². The predicted molar refractivity (Wildman–Crippen MR) is 102 cm³/mol. The number of benzene rings is 1. The van der Waals surface area contributed by atoms with Crippen LogP contribution < -0.4 is 5.32 Å². The number of aliphatic hydroxyl groups is 1. The van der Waals surface area contributed by atoms with Crippen molar-refractivity contribution in [2.24, 2.45) is 0 Å². The van der Waals surface area contributed by atoms with Crippen molar-refractivity contribution in [3.63, 3.8) is 0 Å². The fraction of sp³-hybridized carbons (Fsp3) is 0.389. The fourth-order valence-corrected chi connectivity index (χ4v) is 4.80. The molecule has 1 atom stereocenters. The number of carbonyl (C=O) groups excluding carboxylic acids is 1. The molecule has 1 aliphatic rings. The first kappa shape index (κ1) is 19.2. The van der Waals surface area contributed by atoms with Crippen LogP contribution in [-0.4, -0.2) is 65.1 Å². The van der Waals surface area contributed by atoms with Crippen LogP contribution in [0.5, 0.6) is 0 Å². The van der Waals surface area contributed by atoms with Crippen molar-refractivity contribution in [3.05, 3.63) is 42.2 Å². The van der Waals surface area contributed by atoms with Crippen LogP contribution >= 0.6 is 0 Å². The summed E-state index contributed by atoms with van der Waals surface area (Å²) < 4.78 is 23.4. The average Bonchev–Trinajstić information content (AvgIpc) is 2.99. The molecule has 0 spiro atoms.